The van der Waals surface area contributed by atoms with Crippen LogP contribution in [0.3, 0.4) is 0 Å². The fourth-order valence-electron chi connectivity index (χ4n) is 1.15. The predicted molar refractivity (Wildman–Crippen MR) is 58.4 cm³/mol. The van der Waals surface area contributed by atoms with Crippen molar-refractivity contribution >= 4 is 23.2 Å². The van der Waals surface area contributed by atoms with Crippen molar-refractivity contribution in [3.8, 4) is 0 Å². The fourth-order valence-corrected chi connectivity index (χ4v) is 1.72. The van der Waals surface area contributed by atoms with E-state index >= 15 is 0 Å². The first kappa shape index (κ1) is 10.8. The molecule has 1 atom stereocenters. The van der Waals surface area contributed by atoms with Crippen LogP contribution >= 0.6 is 23.2 Å². The largest absolute Gasteiger partial charge is 0.328 e. The average molecular weight is 218 g/mol. The van der Waals surface area contributed by atoms with E-state index in [1.807, 2.05) is 19.1 Å². The highest BCUT2D eigenvalue weighted by Crippen LogP contribution is 2.20. The quantitative estimate of drug-likeness (QED) is 0.827. The Kier molecular flexibility index (Phi) is 4.04. The van der Waals surface area contributed by atoms with Crippen LogP contribution in [0.5, 0.6) is 0 Å². The third kappa shape index (κ3) is 3.99. The summed E-state index contributed by atoms with van der Waals surface area (Å²) in [5, 5.41) is 1.37. The number of halogens is 2. The molecule has 0 aliphatic carbocycles. The van der Waals surface area contributed by atoms with Gasteiger partial charge in [0.25, 0.3) is 0 Å². The molecule has 0 aliphatic rings. The van der Waals surface area contributed by atoms with Crippen molar-refractivity contribution in [1.82, 2.24) is 0 Å². The lowest BCUT2D eigenvalue weighted by Gasteiger charge is -2.05. The Hall–Kier alpha value is -0.240. The van der Waals surface area contributed by atoms with Crippen LogP contribution in [0.2, 0.25) is 10.0 Å². The van der Waals surface area contributed by atoms with E-state index in [2.05, 4.69) is 0 Å². The predicted octanol–water partition coefficient (Wildman–Crippen LogP) is 3.27. The van der Waals surface area contributed by atoms with Gasteiger partial charge < -0.3 is 5.73 Å². The van der Waals surface area contributed by atoms with Crippen molar-refractivity contribution in [3.63, 3.8) is 0 Å². The van der Waals surface area contributed by atoms with Gasteiger partial charge in [0, 0.05) is 16.1 Å². The number of hydrogen-bond acceptors (Lipinski definition) is 1. The number of rotatable bonds is 3. The third-order valence-corrected chi connectivity index (χ3v) is 2.25. The summed E-state index contributed by atoms with van der Waals surface area (Å²) in [5.74, 6) is 0. The summed E-state index contributed by atoms with van der Waals surface area (Å²) in [4.78, 5) is 0. The highest BCUT2D eigenvalue weighted by molar-refractivity contribution is 6.34. The minimum atomic E-state index is 0.220. The van der Waals surface area contributed by atoms with Crippen LogP contribution in [-0.4, -0.2) is 6.04 Å². The minimum Gasteiger partial charge on any atom is -0.328 e. The van der Waals surface area contributed by atoms with E-state index in [9.17, 15) is 0 Å². The molecule has 2 N–H and O–H groups in total. The zero-order valence-corrected chi connectivity index (χ0v) is 9.07. The van der Waals surface area contributed by atoms with Gasteiger partial charge >= 0.3 is 0 Å². The molecule has 1 nitrogen and oxygen atoms in total. The molecule has 1 aromatic rings. The Bertz CT molecular complexity index is 264. The topological polar surface area (TPSA) is 26.0 Å². The number of hydrogen-bond donors (Lipinski definition) is 1. The lowest BCUT2D eigenvalue weighted by molar-refractivity contribution is 0.666. The monoisotopic (exact) mass is 217 g/mol. The number of benzene rings is 1. The van der Waals surface area contributed by atoms with E-state index in [1.54, 1.807) is 6.07 Å². The van der Waals surface area contributed by atoms with Crippen molar-refractivity contribution in [2.45, 2.75) is 25.8 Å². The lowest BCUT2D eigenvalue weighted by Crippen LogP contribution is -2.15. The molecule has 0 spiro atoms. The van der Waals surface area contributed by atoms with Crippen LogP contribution in [0.15, 0.2) is 18.2 Å². The van der Waals surface area contributed by atoms with E-state index in [0.717, 1.165) is 18.4 Å². The maximum Gasteiger partial charge on any atom is 0.0423 e. The van der Waals surface area contributed by atoms with Crippen molar-refractivity contribution in [2.24, 2.45) is 5.73 Å². The van der Waals surface area contributed by atoms with Crippen LogP contribution in [0.25, 0.3) is 0 Å². The third-order valence-electron chi connectivity index (χ3n) is 1.81. The van der Waals surface area contributed by atoms with Crippen LogP contribution in [0, 0.1) is 0 Å². The van der Waals surface area contributed by atoms with E-state index in [-0.39, 0.29) is 6.04 Å². The molecule has 1 rings (SSSR count). The molecule has 72 valence electrons. The van der Waals surface area contributed by atoms with Crippen molar-refractivity contribution in [3.05, 3.63) is 33.8 Å². The molecular weight excluding hydrogens is 205 g/mol. The molecule has 0 radical (unpaired) electrons. The number of aryl methyl sites for hydroxylation is 1. The Labute approximate surface area is 88.8 Å². The second-order valence-electron chi connectivity index (χ2n) is 3.29. The first-order valence-corrected chi connectivity index (χ1v) is 5.04. The van der Waals surface area contributed by atoms with Gasteiger partial charge in [-0.25, -0.2) is 0 Å². The summed E-state index contributed by atoms with van der Waals surface area (Å²) < 4.78 is 0. The molecule has 0 aromatic heterocycles. The molecule has 0 saturated carbocycles. The lowest BCUT2D eigenvalue weighted by atomic mass is 10.1. The summed E-state index contributed by atoms with van der Waals surface area (Å²) in [5.41, 5.74) is 6.80. The highest BCUT2D eigenvalue weighted by atomic mass is 35.5. The zero-order valence-electron chi connectivity index (χ0n) is 7.56. The second-order valence-corrected chi connectivity index (χ2v) is 4.17. The van der Waals surface area contributed by atoms with Gasteiger partial charge in [-0.05, 0) is 43.5 Å². The molecule has 0 aliphatic heterocycles. The Balaban J connectivity index is 2.66. The van der Waals surface area contributed by atoms with E-state index in [0.29, 0.717) is 10.0 Å². The summed E-state index contributed by atoms with van der Waals surface area (Å²) in [6, 6.07) is 5.81. The standard InChI is InChI=1S/C10H13Cl2N/c1-7(13)2-3-8-4-9(11)6-10(12)5-8/h4-7H,2-3,13H2,1H3/t7-/m0/s1. The van der Waals surface area contributed by atoms with Crippen molar-refractivity contribution in [2.75, 3.05) is 0 Å². The van der Waals surface area contributed by atoms with Crippen molar-refractivity contribution in [1.29, 1.82) is 0 Å². The second kappa shape index (κ2) is 4.85. The van der Waals surface area contributed by atoms with Gasteiger partial charge in [0.2, 0.25) is 0 Å². The van der Waals surface area contributed by atoms with Gasteiger partial charge in [0.15, 0.2) is 0 Å². The summed E-state index contributed by atoms with van der Waals surface area (Å²) in [6.45, 7) is 1.99. The Morgan fingerprint density at radius 3 is 2.23 bits per heavy atom. The van der Waals surface area contributed by atoms with Crippen LogP contribution < -0.4 is 5.73 Å². The molecule has 0 bridgehead atoms. The molecule has 3 heteroatoms. The zero-order chi connectivity index (χ0) is 9.84. The molecule has 0 amide bonds. The molecule has 0 saturated heterocycles. The molecule has 0 fully saturated rings. The van der Waals surface area contributed by atoms with E-state index in [4.69, 9.17) is 28.9 Å². The van der Waals surface area contributed by atoms with Crippen molar-refractivity contribution < 1.29 is 0 Å². The minimum absolute atomic E-state index is 0.220. The maximum atomic E-state index is 5.85. The van der Waals surface area contributed by atoms with Crippen LogP contribution in [-0.2, 0) is 6.42 Å². The average Bonchev–Trinajstić information content (AvgIpc) is 1.99. The van der Waals surface area contributed by atoms with Gasteiger partial charge in [-0.15, -0.1) is 0 Å². The Morgan fingerprint density at radius 1 is 1.23 bits per heavy atom. The summed E-state index contributed by atoms with van der Waals surface area (Å²) >= 11 is 11.7. The number of nitrogens with two attached hydrogens (primary N) is 1. The summed E-state index contributed by atoms with van der Waals surface area (Å²) in [7, 11) is 0. The van der Waals surface area contributed by atoms with Gasteiger partial charge in [0.05, 0.1) is 0 Å². The maximum absolute atomic E-state index is 5.85. The SMILES string of the molecule is C[C@H](N)CCc1cc(Cl)cc(Cl)c1. The molecule has 1 aromatic carbocycles. The van der Waals surface area contributed by atoms with E-state index in [1.165, 1.54) is 0 Å². The van der Waals surface area contributed by atoms with Gasteiger partial charge in [-0.3, -0.25) is 0 Å². The molecule has 0 unspecified atom stereocenters. The van der Waals surface area contributed by atoms with Crippen LogP contribution in [0.4, 0.5) is 0 Å². The van der Waals surface area contributed by atoms with Gasteiger partial charge in [-0.1, -0.05) is 23.2 Å². The smallest absolute Gasteiger partial charge is 0.0423 e. The molecular formula is C10H13Cl2N. The fraction of sp³-hybridized carbons (Fsp3) is 0.400. The van der Waals surface area contributed by atoms with Crippen LogP contribution in [0.1, 0.15) is 18.9 Å². The van der Waals surface area contributed by atoms with E-state index < -0.39 is 0 Å². The Morgan fingerprint density at radius 2 is 1.77 bits per heavy atom. The molecule has 0 heterocycles. The first-order valence-electron chi connectivity index (χ1n) is 4.28. The highest BCUT2D eigenvalue weighted by Gasteiger charge is 2.00. The van der Waals surface area contributed by atoms with Gasteiger partial charge in [0.1, 0.15) is 0 Å². The van der Waals surface area contributed by atoms with Gasteiger partial charge in [-0.2, -0.15) is 0 Å². The molecule has 13 heavy (non-hydrogen) atoms. The first-order chi connectivity index (χ1) is 6.08. The summed E-state index contributed by atoms with van der Waals surface area (Å²) in [6.07, 6.45) is 1.88. The normalized spacial score (nSPS) is 12.9.